The summed E-state index contributed by atoms with van der Waals surface area (Å²) in [5, 5.41) is 17.2. The Balaban J connectivity index is 2.96. The third kappa shape index (κ3) is 3.00. The molecule has 1 aromatic rings. The normalized spacial score (nSPS) is 9.00. The van der Waals surface area contributed by atoms with E-state index in [2.05, 4.69) is 12.1 Å². The van der Waals surface area contributed by atoms with Crippen LogP contribution in [0.4, 0.5) is 0 Å². The molecular weight excluding hydrogens is 188 g/mol. The smallest absolute Gasteiger partial charge is 0.119 e. The fourth-order valence-electron chi connectivity index (χ4n) is 1.41. The number of hydrogen-bond acceptors (Lipinski definition) is 3. The molecule has 0 unspecified atom stereocenters. The molecule has 0 fully saturated rings. The maximum absolute atomic E-state index is 8.65. The van der Waals surface area contributed by atoms with Gasteiger partial charge in [0, 0.05) is 6.42 Å². The highest BCUT2D eigenvalue weighted by molar-refractivity contribution is 5.37. The molecule has 15 heavy (non-hydrogen) atoms. The van der Waals surface area contributed by atoms with E-state index in [1.54, 1.807) is 7.11 Å². The van der Waals surface area contributed by atoms with Gasteiger partial charge in [-0.2, -0.15) is 10.5 Å². The van der Waals surface area contributed by atoms with Crippen LogP contribution in [0.15, 0.2) is 18.2 Å². The van der Waals surface area contributed by atoms with Crippen molar-refractivity contribution in [2.75, 3.05) is 7.11 Å². The van der Waals surface area contributed by atoms with E-state index in [0.717, 1.165) is 16.9 Å². The van der Waals surface area contributed by atoms with Crippen molar-refractivity contribution in [2.45, 2.75) is 19.3 Å². The van der Waals surface area contributed by atoms with Crippen LogP contribution in [0.1, 0.15) is 17.5 Å². The first-order valence-electron chi connectivity index (χ1n) is 4.71. The Morgan fingerprint density at radius 2 is 2.00 bits per heavy atom. The van der Waals surface area contributed by atoms with Crippen molar-refractivity contribution in [3.05, 3.63) is 29.3 Å². The van der Waals surface area contributed by atoms with Crippen molar-refractivity contribution in [1.29, 1.82) is 10.5 Å². The molecule has 0 aliphatic heterocycles. The predicted octanol–water partition coefficient (Wildman–Crippen LogP) is 2.22. The third-order valence-electron chi connectivity index (χ3n) is 2.19. The lowest BCUT2D eigenvalue weighted by Crippen LogP contribution is -1.95. The van der Waals surface area contributed by atoms with E-state index >= 15 is 0 Å². The predicted molar refractivity (Wildman–Crippen MR) is 56.2 cm³/mol. The van der Waals surface area contributed by atoms with Crippen LogP contribution in [-0.4, -0.2) is 7.11 Å². The Morgan fingerprint density at radius 3 is 2.60 bits per heavy atom. The largest absolute Gasteiger partial charge is 0.497 e. The molecule has 0 spiro atoms. The second-order valence-corrected chi connectivity index (χ2v) is 3.13. The standard InChI is InChI=1S/C12H12N2O/c1-15-12-5-4-10(6-8-14)11(9-12)3-2-7-13/h4-5,9H,2-3,6H2,1H3. The maximum atomic E-state index is 8.65. The van der Waals surface area contributed by atoms with E-state index in [1.165, 1.54) is 0 Å². The van der Waals surface area contributed by atoms with E-state index in [0.29, 0.717) is 19.3 Å². The number of aryl methyl sites for hydroxylation is 1. The van der Waals surface area contributed by atoms with E-state index in [4.69, 9.17) is 15.3 Å². The first kappa shape index (κ1) is 11.1. The number of rotatable bonds is 4. The van der Waals surface area contributed by atoms with Gasteiger partial charge in [0.1, 0.15) is 5.75 Å². The molecule has 0 N–H and O–H groups in total. The molecule has 0 heterocycles. The van der Waals surface area contributed by atoms with Gasteiger partial charge in [0.2, 0.25) is 0 Å². The minimum absolute atomic E-state index is 0.380. The van der Waals surface area contributed by atoms with Gasteiger partial charge >= 0.3 is 0 Å². The molecule has 0 radical (unpaired) electrons. The maximum Gasteiger partial charge on any atom is 0.119 e. The van der Waals surface area contributed by atoms with Gasteiger partial charge in [-0.05, 0) is 29.7 Å². The summed E-state index contributed by atoms with van der Waals surface area (Å²) in [7, 11) is 1.60. The Kier molecular flexibility index (Phi) is 4.19. The second-order valence-electron chi connectivity index (χ2n) is 3.13. The molecule has 3 nitrogen and oxygen atoms in total. The van der Waals surface area contributed by atoms with Crippen LogP contribution in [0, 0.1) is 22.7 Å². The number of benzene rings is 1. The molecular formula is C12H12N2O. The summed E-state index contributed by atoms with van der Waals surface area (Å²) in [4.78, 5) is 0. The second kappa shape index (κ2) is 5.67. The van der Waals surface area contributed by atoms with E-state index in [1.807, 2.05) is 18.2 Å². The molecule has 1 aromatic carbocycles. The fourth-order valence-corrected chi connectivity index (χ4v) is 1.41. The van der Waals surface area contributed by atoms with Crippen LogP contribution >= 0.6 is 0 Å². The lowest BCUT2D eigenvalue weighted by atomic mass is 10.0. The first-order valence-corrected chi connectivity index (χ1v) is 4.71. The monoisotopic (exact) mass is 200 g/mol. The molecule has 0 saturated heterocycles. The van der Waals surface area contributed by atoms with Crippen LogP contribution < -0.4 is 4.74 Å². The number of methoxy groups -OCH3 is 1. The summed E-state index contributed by atoms with van der Waals surface area (Å²) >= 11 is 0. The SMILES string of the molecule is COc1ccc(CC#N)c(CCC#N)c1. The first-order chi connectivity index (χ1) is 7.31. The molecule has 3 heteroatoms. The van der Waals surface area contributed by atoms with Crippen LogP contribution in [-0.2, 0) is 12.8 Å². The van der Waals surface area contributed by atoms with Crippen molar-refractivity contribution >= 4 is 0 Å². The zero-order valence-corrected chi connectivity index (χ0v) is 8.66. The Hall–Kier alpha value is -2.00. The quantitative estimate of drug-likeness (QED) is 0.748. The number of nitrogens with zero attached hydrogens (tertiary/aromatic N) is 2. The van der Waals surface area contributed by atoms with Crippen molar-refractivity contribution in [1.82, 2.24) is 0 Å². The topological polar surface area (TPSA) is 56.8 Å². The van der Waals surface area contributed by atoms with E-state index < -0.39 is 0 Å². The molecule has 0 amide bonds. The van der Waals surface area contributed by atoms with Gasteiger partial charge < -0.3 is 4.74 Å². The Morgan fingerprint density at radius 1 is 1.20 bits per heavy atom. The summed E-state index contributed by atoms with van der Waals surface area (Å²) in [6.07, 6.45) is 1.51. The summed E-state index contributed by atoms with van der Waals surface area (Å²) in [6, 6.07) is 9.83. The number of nitriles is 2. The molecule has 0 aromatic heterocycles. The summed E-state index contributed by atoms with van der Waals surface area (Å²) in [5.41, 5.74) is 2.01. The van der Waals surface area contributed by atoms with Crippen molar-refractivity contribution in [3.63, 3.8) is 0 Å². The summed E-state index contributed by atoms with van der Waals surface area (Å²) in [6.45, 7) is 0. The lowest BCUT2D eigenvalue weighted by molar-refractivity contribution is 0.414. The molecule has 0 bridgehead atoms. The zero-order valence-electron chi connectivity index (χ0n) is 8.66. The van der Waals surface area contributed by atoms with Crippen molar-refractivity contribution < 1.29 is 4.74 Å². The minimum Gasteiger partial charge on any atom is -0.497 e. The Bertz CT molecular complexity index is 413. The summed E-state index contributed by atoms with van der Waals surface area (Å²) in [5.74, 6) is 0.768. The van der Waals surface area contributed by atoms with Crippen LogP contribution in [0.3, 0.4) is 0 Å². The highest BCUT2D eigenvalue weighted by Crippen LogP contribution is 2.19. The highest BCUT2D eigenvalue weighted by Gasteiger charge is 2.03. The van der Waals surface area contributed by atoms with Gasteiger partial charge in [0.05, 0.1) is 25.7 Å². The zero-order chi connectivity index (χ0) is 11.1. The van der Waals surface area contributed by atoms with Gasteiger partial charge in [-0.25, -0.2) is 0 Å². The summed E-state index contributed by atoms with van der Waals surface area (Å²) < 4.78 is 5.10. The molecule has 0 saturated carbocycles. The average Bonchev–Trinajstić information content (AvgIpc) is 2.28. The van der Waals surface area contributed by atoms with Gasteiger partial charge in [0.25, 0.3) is 0 Å². The van der Waals surface area contributed by atoms with E-state index in [-0.39, 0.29) is 0 Å². The van der Waals surface area contributed by atoms with Gasteiger partial charge in [-0.15, -0.1) is 0 Å². The number of ether oxygens (including phenoxy) is 1. The minimum atomic E-state index is 0.380. The van der Waals surface area contributed by atoms with Crippen molar-refractivity contribution in [3.8, 4) is 17.9 Å². The highest BCUT2D eigenvalue weighted by atomic mass is 16.5. The lowest BCUT2D eigenvalue weighted by Gasteiger charge is -2.07. The van der Waals surface area contributed by atoms with Crippen LogP contribution in [0.25, 0.3) is 0 Å². The van der Waals surface area contributed by atoms with Gasteiger partial charge in [-0.3, -0.25) is 0 Å². The molecule has 0 aliphatic rings. The molecule has 0 atom stereocenters. The fraction of sp³-hybridized carbons (Fsp3) is 0.333. The Labute approximate surface area is 89.5 Å². The molecule has 1 rings (SSSR count). The van der Waals surface area contributed by atoms with E-state index in [9.17, 15) is 0 Å². The van der Waals surface area contributed by atoms with Gasteiger partial charge in [-0.1, -0.05) is 6.07 Å². The molecule has 0 aliphatic carbocycles. The van der Waals surface area contributed by atoms with Crippen molar-refractivity contribution in [2.24, 2.45) is 0 Å². The average molecular weight is 200 g/mol. The van der Waals surface area contributed by atoms with Crippen LogP contribution in [0.2, 0.25) is 0 Å². The third-order valence-corrected chi connectivity index (χ3v) is 2.19. The van der Waals surface area contributed by atoms with Crippen LogP contribution in [0.5, 0.6) is 5.75 Å². The van der Waals surface area contributed by atoms with Gasteiger partial charge in [0.15, 0.2) is 0 Å². The number of hydrogen-bond donors (Lipinski definition) is 0. The molecule has 76 valence electrons.